The van der Waals surface area contributed by atoms with Gasteiger partial charge < -0.3 is 14.8 Å². The number of rotatable bonds is 5. The minimum atomic E-state index is -0.511. The zero-order valence-electron chi connectivity index (χ0n) is 14.9. The van der Waals surface area contributed by atoms with Crippen LogP contribution in [0.1, 0.15) is 31.9 Å². The smallest absolute Gasteiger partial charge is 0.407 e. The maximum Gasteiger partial charge on any atom is 0.407 e. The molecule has 26 heavy (non-hydrogen) atoms. The second-order valence-corrected chi connectivity index (χ2v) is 6.94. The van der Waals surface area contributed by atoms with Gasteiger partial charge in [0.2, 0.25) is 5.88 Å². The second-order valence-electron chi connectivity index (χ2n) is 6.55. The highest BCUT2D eigenvalue weighted by molar-refractivity contribution is 6.29. The Bertz CT molecular complexity index is 808. The molecule has 2 rings (SSSR count). The molecule has 0 bridgehead atoms. The van der Waals surface area contributed by atoms with Gasteiger partial charge in [0.25, 0.3) is 0 Å². The van der Waals surface area contributed by atoms with Gasteiger partial charge in [-0.05, 0) is 51.0 Å². The summed E-state index contributed by atoms with van der Waals surface area (Å²) < 4.78 is 10.8. The first-order valence-electron chi connectivity index (χ1n) is 8.06. The number of hydrogen-bond acceptors (Lipinski definition) is 5. The molecule has 0 aliphatic heterocycles. The summed E-state index contributed by atoms with van der Waals surface area (Å²) in [7, 11) is 0. The number of alkyl carbamates (subject to hydrolysis) is 1. The number of pyridine rings is 1. The summed E-state index contributed by atoms with van der Waals surface area (Å²) in [6, 6.07) is 12.3. The number of benzene rings is 1. The average Bonchev–Trinajstić information content (AvgIpc) is 2.54. The molecule has 6 nitrogen and oxygen atoms in total. The number of hydrogen-bond donors (Lipinski definition) is 1. The van der Waals surface area contributed by atoms with Gasteiger partial charge >= 0.3 is 6.09 Å². The third kappa shape index (κ3) is 6.61. The summed E-state index contributed by atoms with van der Waals surface area (Å²) in [6.45, 7) is 5.93. The van der Waals surface area contributed by atoms with Crippen molar-refractivity contribution in [3.8, 4) is 17.7 Å². The van der Waals surface area contributed by atoms with Gasteiger partial charge in [0.15, 0.2) is 0 Å². The SMILES string of the molecule is CC(C)(C)OC(=O)NCCc1ccc(Oc2cc(C#N)cc(Cl)n2)cc1. The van der Waals surface area contributed by atoms with Crippen LogP contribution in [0.5, 0.6) is 11.6 Å². The standard InChI is InChI=1S/C19H20ClN3O3/c1-19(2,3)26-18(24)22-9-8-13-4-6-15(7-5-13)25-17-11-14(12-21)10-16(20)23-17/h4-7,10-11H,8-9H2,1-3H3,(H,22,24). The molecule has 0 unspecified atom stereocenters. The third-order valence-corrected chi connectivity index (χ3v) is 3.32. The van der Waals surface area contributed by atoms with Gasteiger partial charge in [-0.3, -0.25) is 0 Å². The lowest BCUT2D eigenvalue weighted by Crippen LogP contribution is -2.33. The molecule has 0 spiro atoms. The molecule has 0 aliphatic rings. The molecule has 2 aromatic rings. The Morgan fingerprint density at radius 3 is 2.58 bits per heavy atom. The molecule has 1 N–H and O–H groups in total. The van der Waals surface area contributed by atoms with E-state index in [9.17, 15) is 4.79 Å². The first kappa shape index (κ1) is 19.5. The fourth-order valence-corrected chi connectivity index (χ4v) is 2.26. The third-order valence-electron chi connectivity index (χ3n) is 3.13. The normalized spacial score (nSPS) is 10.7. The van der Waals surface area contributed by atoms with Crippen molar-refractivity contribution >= 4 is 17.7 Å². The molecule has 1 amide bonds. The number of aromatic nitrogens is 1. The van der Waals surface area contributed by atoms with Gasteiger partial charge in [0.05, 0.1) is 11.6 Å². The molecule has 0 saturated carbocycles. The van der Waals surface area contributed by atoms with Crippen LogP contribution in [0.15, 0.2) is 36.4 Å². The van der Waals surface area contributed by atoms with E-state index in [1.165, 1.54) is 12.1 Å². The Hall–Kier alpha value is -2.78. The highest BCUT2D eigenvalue weighted by Crippen LogP contribution is 2.23. The zero-order valence-corrected chi connectivity index (χ0v) is 15.6. The van der Waals surface area contributed by atoms with E-state index < -0.39 is 11.7 Å². The molecule has 0 atom stereocenters. The van der Waals surface area contributed by atoms with Gasteiger partial charge in [0, 0.05) is 12.6 Å². The van der Waals surface area contributed by atoms with Crippen molar-refractivity contribution in [2.45, 2.75) is 32.8 Å². The van der Waals surface area contributed by atoms with Crippen molar-refractivity contribution in [2.24, 2.45) is 0 Å². The molecule has 0 radical (unpaired) electrons. The monoisotopic (exact) mass is 373 g/mol. The topological polar surface area (TPSA) is 84.2 Å². The highest BCUT2D eigenvalue weighted by atomic mass is 35.5. The van der Waals surface area contributed by atoms with Gasteiger partial charge in [-0.25, -0.2) is 9.78 Å². The van der Waals surface area contributed by atoms with E-state index >= 15 is 0 Å². The molecule has 1 aromatic carbocycles. The van der Waals surface area contributed by atoms with E-state index in [4.69, 9.17) is 26.3 Å². The average molecular weight is 374 g/mol. The van der Waals surface area contributed by atoms with Gasteiger partial charge in [-0.1, -0.05) is 23.7 Å². The lowest BCUT2D eigenvalue weighted by atomic mass is 10.1. The molecule has 7 heteroatoms. The summed E-state index contributed by atoms with van der Waals surface area (Å²) in [6.07, 6.45) is 0.228. The Morgan fingerprint density at radius 1 is 1.27 bits per heavy atom. The van der Waals surface area contributed by atoms with Crippen LogP contribution in [0.2, 0.25) is 5.15 Å². The number of nitrogens with zero attached hydrogens (tertiary/aromatic N) is 2. The van der Waals surface area contributed by atoms with Crippen molar-refractivity contribution < 1.29 is 14.3 Å². The van der Waals surface area contributed by atoms with Crippen molar-refractivity contribution in [3.63, 3.8) is 0 Å². The van der Waals surface area contributed by atoms with E-state index in [2.05, 4.69) is 10.3 Å². The van der Waals surface area contributed by atoms with Crippen LogP contribution in [0.25, 0.3) is 0 Å². The molecule has 136 valence electrons. The Balaban J connectivity index is 1.88. The summed E-state index contributed by atoms with van der Waals surface area (Å²) in [5.74, 6) is 0.834. The second kappa shape index (κ2) is 8.54. The lowest BCUT2D eigenvalue weighted by Gasteiger charge is -2.19. The number of amides is 1. The summed E-state index contributed by atoms with van der Waals surface area (Å²) in [4.78, 5) is 15.6. The van der Waals surface area contributed by atoms with E-state index in [0.717, 1.165) is 5.56 Å². The maximum atomic E-state index is 11.6. The van der Waals surface area contributed by atoms with Crippen LogP contribution in [0.4, 0.5) is 4.79 Å². The first-order chi connectivity index (χ1) is 12.2. The largest absolute Gasteiger partial charge is 0.444 e. The molecule has 1 heterocycles. The number of nitrogens with one attached hydrogen (secondary N) is 1. The molecule has 0 fully saturated rings. The highest BCUT2D eigenvalue weighted by Gasteiger charge is 2.15. The summed E-state index contributed by atoms with van der Waals surface area (Å²) >= 11 is 5.86. The van der Waals surface area contributed by atoms with Crippen molar-refractivity contribution in [2.75, 3.05) is 6.54 Å². The fourth-order valence-electron chi connectivity index (χ4n) is 2.06. The Labute approximate surface area is 157 Å². The van der Waals surface area contributed by atoms with Gasteiger partial charge in [-0.15, -0.1) is 0 Å². The quantitative estimate of drug-likeness (QED) is 0.782. The molecular formula is C19H20ClN3O3. The number of nitriles is 1. The van der Waals surface area contributed by atoms with E-state index in [-0.39, 0.29) is 11.0 Å². The molecule has 0 saturated heterocycles. The summed E-state index contributed by atoms with van der Waals surface area (Å²) in [5.41, 5.74) is 0.901. The predicted octanol–water partition coefficient (Wildman–Crippen LogP) is 4.47. The summed E-state index contributed by atoms with van der Waals surface area (Å²) in [5, 5.41) is 11.9. The van der Waals surface area contributed by atoms with Gasteiger partial charge in [-0.2, -0.15) is 5.26 Å². The lowest BCUT2D eigenvalue weighted by molar-refractivity contribution is 0.0528. The number of carbonyl (C=O) groups is 1. The van der Waals surface area contributed by atoms with Crippen LogP contribution in [-0.2, 0) is 11.2 Å². The maximum absolute atomic E-state index is 11.6. The molecule has 0 aliphatic carbocycles. The van der Waals surface area contributed by atoms with E-state index in [1.54, 1.807) is 12.1 Å². The number of carbonyl (C=O) groups excluding carboxylic acids is 1. The van der Waals surface area contributed by atoms with Crippen LogP contribution >= 0.6 is 11.6 Å². The van der Waals surface area contributed by atoms with E-state index in [0.29, 0.717) is 24.3 Å². The van der Waals surface area contributed by atoms with Crippen LogP contribution in [0.3, 0.4) is 0 Å². The van der Waals surface area contributed by atoms with Gasteiger partial charge in [0.1, 0.15) is 16.5 Å². The van der Waals surface area contributed by atoms with E-state index in [1.807, 2.05) is 39.0 Å². The number of halogens is 1. The molecular weight excluding hydrogens is 354 g/mol. The fraction of sp³-hybridized carbons (Fsp3) is 0.316. The van der Waals surface area contributed by atoms with Crippen molar-refractivity contribution in [1.29, 1.82) is 5.26 Å². The van der Waals surface area contributed by atoms with Crippen LogP contribution in [-0.4, -0.2) is 23.2 Å². The molecule has 1 aromatic heterocycles. The van der Waals surface area contributed by atoms with Crippen molar-refractivity contribution in [1.82, 2.24) is 10.3 Å². The van der Waals surface area contributed by atoms with Crippen LogP contribution in [0, 0.1) is 11.3 Å². The minimum absolute atomic E-state index is 0.198. The van der Waals surface area contributed by atoms with Crippen molar-refractivity contribution in [3.05, 3.63) is 52.7 Å². The predicted molar refractivity (Wildman–Crippen MR) is 98.4 cm³/mol. The zero-order chi connectivity index (χ0) is 19.2. The Kier molecular flexibility index (Phi) is 6.42. The Morgan fingerprint density at radius 2 is 1.96 bits per heavy atom. The minimum Gasteiger partial charge on any atom is -0.444 e. The number of ether oxygens (including phenoxy) is 2. The first-order valence-corrected chi connectivity index (χ1v) is 8.44. The van der Waals surface area contributed by atoms with Crippen LogP contribution < -0.4 is 10.1 Å².